The van der Waals surface area contributed by atoms with E-state index in [4.69, 9.17) is 9.47 Å². The first-order chi connectivity index (χ1) is 10.2. The highest BCUT2D eigenvalue weighted by Gasteiger charge is 2.20. The van der Waals surface area contributed by atoms with Crippen LogP contribution < -0.4 is 10.6 Å². The Morgan fingerprint density at radius 3 is 2.24 bits per heavy atom. The van der Waals surface area contributed by atoms with Crippen molar-refractivity contribution in [1.82, 2.24) is 10.6 Å². The second-order valence-electron chi connectivity index (χ2n) is 6.12. The molecule has 5 heteroatoms. The highest BCUT2D eigenvalue weighted by molar-refractivity contribution is 5.79. The van der Waals surface area contributed by atoms with Gasteiger partial charge in [-0.05, 0) is 37.5 Å². The molecule has 0 unspecified atom stereocenters. The minimum Gasteiger partial charge on any atom is -0.381 e. The number of nitrogens with zero attached hydrogens (tertiary/aromatic N) is 1. The molecule has 0 aromatic carbocycles. The van der Waals surface area contributed by atoms with E-state index in [0.29, 0.717) is 5.92 Å². The molecule has 5 nitrogen and oxygen atoms in total. The van der Waals surface area contributed by atoms with Crippen LogP contribution in [0.1, 0.15) is 39.5 Å². The van der Waals surface area contributed by atoms with Crippen molar-refractivity contribution in [3.8, 4) is 0 Å². The highest BCUT2D eigenvalue weighted by Crippen LogP contribution is 2.28. The summed E-state index contributed by atoms with van der Waals surface area (Å²) >= 11 is 0. The summed E-state index contributed by atoms with van der Waals surface area (Å²) in [5, 5.41) is 6.60. The quantitative estimate of drug-likeness (QED) is 0.329. The molecule has 1 fully saturated rings. The molecular formula is C16H33N3O2. The smallest absolute Gasteiger partial charge is 0.190 e. The first-order valence-electron chi connectivity index (χ1n) is 8.32. The molecule has 0 aliphatic heterocycles. The number of guanidine groups is 1. The summed E-state index contributed by atoms with van der Waals surface area (Å²) in [7, 11) is 1.80. The minimum absolute atomic E-state index is 0.606. The van der Waals surface area contributed by atoms with E-state index in [9.17, 15) is 0 Å². The summed E-state index contributed by atoms with van der Waals surface area (Å²) < 4.78 is 11.1. The fraction of sp³-hybridized carbons (Fsp3) is 0.938. The number of hydrogen-bond donors (Lipinski definition) is 2. The molecule has 0 spiro atoms. The van der Waals surface area contributed by atoms with E-state index in [-0.39, 0.29) is 0 Å². The Bertz CT molecular complexity index is 263. The second-order valence-corrected chi connectivity index (χ2v) is 6.12. The van der Waals surface area contributed by atoms with Crippen molar-refractivity contribution < 1.29 is 9.47 Å². The third kappa shape index (κ3) is 11.5. The number of rotatable bonds is 12. The molecule has 1 rings (SSSR count). The van der Waals surface area contributed by atoms with Gasteiger partial charge in [-0.3, -0.25) is 4.99 Å². The maximum Gasteiger partial charge on any atom is 0.190 e. The highest BCUT2D eigenvalue weighted by atomic mass is 16.5. The number of ether oxygens (including phenoxy) is 2. The van der Waals surface area contributed by atoms with Crippen molar-refractivity contribution in [2.24, 2.45) is 16.8 Å². The summed E-state index contributed by atoms with van der Waals surface area (Å²) in [5.74, 6) is 2.32. The van der Waals surface area contributed by atoms with Gasteiger partial charge in [0.25, 0.3) is 0 Å². The first kappa shape index (κ1) is 18.2. The molecule has 0 saturated heterocycles. The zero-order chi connectivity index (χ0) is 15.3. The van der Waals surface area contributed by atoms with Crippen LogP contribution in [0.25, 0.3) is 0 Å². The van der Waals surface area contributed by atoms with Crippen LogP contribution in [0.15, 0.2) is 4.99 Å². The Hall–Kier alpha value is -0.810. The average Bonchev–Trinajstić information content (AvgIpc) is 3.27. The van der Waals surface area contributed by atoms with E-state index in [0.717, 1.165) is 64.2 Å². The lowest BCUT2D eigenvalue weighted by Crippen LogP contribution is -2.38. The molecule has 0 atom stereocenters. The lowest BCUT2D eigenvalue weighted by molar-refractivity contribution is 0.108. The normalized spacial score (nSPS) is 15.5. The Morgan fingerprint density at radius 2 is 1.71 bits per heavy atom. The third-order valence-electron chi connectivity index (χ3n) is 3.24. The molecule has 2 N–H and O–H groups in total. The maximum absolute atomic E-state index is 5.60. The zero-order valence-corrected chi connectivity index (χ0v) is 14.0. The summed E-state index contributed by atoms with van der Waals surface area (Å²) in [6.07, 6.45) is 4.73. The molecule has 0 heterocycles. The summed E-state index contributed by atoms with van der Waals surface area (Å²) in [5.41, 5.74) is 0. The first-order valence-corrected chi connectivity index (χ1v) is 8.32. The van der Waals surface area contributed by atoms with Crippen LogP contribution in [0.4, 0.5) is 0 Å². The third-order valence-corrected chi connectivity index (χ3v) is 3.24. The van der Waals surface area contributed by atoms with Crippen LogP contribution >= 0.6 is 0 Å². The zero-order valence-electron chi connectivity index (χ0n) is 14.0. The van der Waals surface area contributed by atoms with Gasteiger partial charge in [-0.15, -0.1) is 0 Å². The van der Waals surface area contributed by atoms with E-state index >= 15 is 0 Å². The summed E-state index contributed by atoms with van der Waals surface area (Å²) in [6, 6.07) is 0. The van der Waals surface area contributed by atoms with E-state index < -0.39 is 0 Å². The molecule has 21 heavy (non-hydrogen) atoms. The standard InChI is InChI=1S/C16H33N3O2/c1-14(2)12-20-10-4-8-18-16(17-3)19-9-5-11-21-13-15-6-7-15/h14-15H,4-13H2,1-3H3,(H2,17,18,19). The average molecular weight is 299 g/mol. The van der Waals surface area contributed by atoms with Crippen LogP contribution in [0.2, 0.25) is 0 Å². The van der Waals surface area contributed by atoms with Crippen molar-refractivity contribution in [3.05, 3.63) is 0 Å². The minimum atomic E-state index is 0.606. The van der Waals surface area contributed by atoms with Gasteiger partial charge in [0.1, 0.15) is 0 Å². The molecule has 1 aliphatic rings. The van der Waals surface area contributed by atoms with E-state index in [1.54, 1.807) is 7.05 Å². The van der Waals surface area contributed by atoms with Gasteiger partial charge in [0, 0.05) is 46.6 Å². The van der Waals surface area contributed by atoms with Crippen LogP contribution in [-0.2, 0) is 9.47 Å². The van der Waals surface area contributed by atoms with Crippen molar-refractivity contribution in [1.29, 1.82) is 0 Å². The molecule has 0 aromatic rings. The van der Waals surface area contributed by atoms with Crippen LogP contribution in [0.5, 0.6) is 0 Å². The van der Waals surface area contributed by atoms with E-state index in [2.05, 4.69) is 29.5 Å². The topological polar surface area (TPSA) is 54.9 Å². The molecule has 1 saturated carbocycles. The van der Waals surface area contributed by atoms with Gasteiger partial charge in [0.05, 0.1) is 0 Å². The van der Waals surface area contributed by atoms with Gasteiger partial charge in [-0.1, -0.05) is 13.8 Å². The maximum atomic E-state index is 5.60. The van der Waals surface area contributed by atoms with Crippen LogP contribution in [0.3, 0.4) is 0 Å². The fourth-order valence-corrected chi connectivity index (χ4v) is 1.84. The van der Waals surface area contributed by atoms with Crippen molar-refractivity contribution in [2.75, 3.05) is 46.6 Å². The number of hydrogen-bond acceptors (Lipinski definition) is 3. The van der Waals surface area contributed by atoms with Crippen molar-refractivity contribution in [3.63, 3.8) is 0 Å². The Labute approximate surface area is 129 Å². The number of aliphatic imine (C=N–C) groups is 1. The molecule has 1 aliphatic carbocycles. The van der Waals surface area contributed by atoms with Gasteiger partial charge in [-0.2, -0.15) is 0 Å². The lowest BCUT2D eigenvalue weighted by Gasteiger charge is -2.12. The monoisotopic (exact) mass is 299 g/mol. The summed E-state index contributed by atoms with van der Waals surface area (Å²) in [4.78, 5) is 4.20. The van der Waals surface area contributed by atoms with Crippen LogP contribution in [-0.4, -0.2) is 52.5 Å². The van der Waals surface area contributed by atoms with E-state index in [1.165, 1.54) is 12.8 Å². The predicted octanol–water partition coefficient (Wildman–Crippen LogP) is 2.03. The molecule has 0 aromatic heterocycles. The molecule has 0 radical (unpaired) electrons. The number of nitrogens with one attached hydrogen (secondary N) is 2. The van der Waals surface area contributed by atoms with E-state index in [1.807, 2.05) is 0 Å². The lowest BCUT2D eigenvalue weighted by atomic mass is 10.2. The van der Waals surface area contributed by atoms with Crippen molar-refractivity contribution >= 4 is 5.96 Å². The predicted molar refractivity (Wildman–Crippen MR) is 87.8 cm³/mol. The largest absolute Gasteiger partial charge is 0.381 e. The van der Waals surface area contributed by atoms with Gasteiger partial charge in [0.15, 0.2) is 5.96 Å². The SMILES string of the molecule is CN=C(NCCCOCC(C)C)NCCCOCC1CC1. The Balaban J connectivity index is 1.86. The van der Waals surface area contributed by atoms with Gasteiger partial charge in [0.2, 0.25) is 0 Å². The second kappa shape index (κ2) is 11.8. The molecule has 124 valence electrons. The van der Waals surface area contributed by atoms with Gasteiger partial charge < -0.3 is 20.1 Å². The van der Waals surface area contributed by atoms with Crippen LogP contribution in [0, 0.1) is 11.8 Å². The van der Waals surface area contributed by atoms with Gasteiger partial charge in [-0.25, -0.2) is 0 Å². The summed E-state index contributed by atoms with van der Waals surface area (Å²) in [6.45, 7) is 9.54. The fourth-order valence-electron chi connectivity index (χ4n) is 1.84. The molecule has 0 bridgehead atoms. The van der Waals surface area contributed by atoms with Gasteiger partial charge >= 0.3 is 0 Å². The Kier molecular flexibility index (Phi) is 10.3. The molecular weight excluding hydrogens is 266 g/mol. The molecule has 0 amide bonds. The van der Waals surface area contributed by atoms with Crippen molar-refractivity contribution in [2.45, 2.75) is 39.5 Å². The Morgan fingerprint density at radius 1 is 1.10 bits per heavy atom.